The maximum Gasteiger partial charge on any atom is 0.387 e. The van der Waals surface area contributed by atoms with Gasteiger partial charge in [-0.15, -0.1) is 0 Å². The topological polar surface area (TPSA) is 87.7 Å². The third-order valence-electron chi connectivity index (χ3n) is 4.37. The summed E-state index contributed by atoms with van der Waals surface area (Å²) in [6.07, 6.45) is 2.89. The van der Waals surface area contributed by atoms with Crippen LogP contribution in [0.1, 0.15) is 25.7 Å². The largest absolute Gasteiger partial charge is 0.435 e. The molecular formula is C16H17F2N3O4. The standard InChI is InChI=1S/C16H17F2N3O4/c17-14(18)25-11-5-3-10(4-6-11)19-12(22)9-21-13(23)16(20-15(21)24)7-1-2-8-16/h3-6,14H,1-2,7-9H2,(H,19,22)(H,20,24). The van der Waals surface area contributed by atoms with Crippen molar-refractivity contribution in [1.29, 1.82) is 0 Å². The zero-order valence-electron chi connectivity index (χ0n) is 13.3. The van der Waals surface area contributed by atoms with Gasteiger partial charge in [0.25, 0.3) is 5.91 Å². The van der Waals surface area contributed by atoms with E-state index in [-0.39, 0.29) is 11.7 Å². The number of alkyl halides is 2. The zero-order chi connectivity index (χ0) is 18.0. The third-order valence-corrected chi connectivity index (χ3v) is 4.37. The fraction of sp³-hybridized carbons (Fsp3) is 0.438. The molecule has 7 nitrogen and oxygen atoms in total. The average Bonchev–Trinajstić information content (AvgIpc) is 3.10. The number of hydrogen-bond acceptors (Lipinski definition) is 4. The second-order valence-corrected chi connectivity index (χ2v) is 6.06. The monoisotopic (exact) mass is 353 g/mol. The first-order valence-electron chi connectivity index (χ1n) is 7.88. The normalized spacial score (nSPS) is 18.8. The molecule has 0 unspecified atom stereocenters. The predicted molar refractivity (Wildman–Crippen MR) is 83.1 cm³/mol. The molecule has 2 N–H and O–H groups in total. The minimum Gasteiger partial charge on any atom is -0.435 e. The molecule has 1 aliphatic heterocycles. The van der Waals surface area contributed by atoms with Crippen LogP contribution in [0.3, 0.4) is 0 Å². The molecule has 0 radical (unpaired) electrons. The number of anilines is 1. The van der Waals surface area contributed by atoms with Gasteiger partial charge in [-0.25, -0.2) is 4.79 Å². The molecule has 0 aromatic heterocycles. The summed E-state index contributed by atoms with van der Waals surface area (Å²) >= 11 is 0. The van der Waals surface area contributed by atoms with Crippen LogP contribution in [0.5, 0.6) is 5.75 Å². The van der Waals surface area contributed by atoms with E-state index in [1.165, 1.54) is 24.3 Å². The number of urea groups is 1. The Morgan fingerprint density at radius 1 is 1.24 bits per heavy atom. The van der Waals surface area contributed by atoms with Gasteiger partial charge >= 0.3 is 12.6 Å². The number of halogens is 2. The van der Waals surface area contributed by atoms with Crippen LogP contribution in [0.25, 0.3) is 0 Å². The SMILES string of the molecule is O=C(CN1C(=O)NC2(CCCC2)C1=O)Nc1ccc(OC(F)F)cc1. The summed E-state index contributed by atoms with van der Waals surface area (Å²) in [5, 5.41) is 5.21. The number of ether oxygens (including phenoxy) is 1. The Labute approximate surface area is 142 Å². The average molecular weight is 353 g/mol. The lowest BCUT2D eigenvalue weighted by molar-refractivity contribution is -0.133. The van der Waals surface area contributed by atoms with Crippen molar-refractivity contribution < 1.29 is 27.9 Å². The van der Waals surface area contributed by atoms with Gasteiger partial charge in [0.15, 0.2) is 0 Å². The van der Waals surface area contributed by atoms with Gasteiger partial charge in [-0.05, 0) is 37.1 Å². The van der Waals surface area contributed by atoms with Gasteiger partial charge in [0.2, 0.25) is 5.91 Å². The molecule has 1 saturated carbocycles. The molecule has 1 spiro atoms. The van der Waals surface area contributed by atoms with Gasteiger partial charge in [0, 0.05) is 5.69 Å². The maximum atomic E-state index is 12.5. The Hall–Kier alpha value is -2.71. The number of amides is 4. The lowest BCUT2D eigenvalue weighted by atomic mass is 9.98. The minimum absolute atomic E-state index is 0.0368. The fourth-order valence-corrected chi connectivity index (χ4v) is 3.20. The highest BCUT2D eigenvalue weighted by atomic mass is 19.3. The van der Waals surface area contributed by atoms with Gasteiger partial charge in [0.05, 0.1) is 0 Å². The van der Waals surface area contributed by atoms with E-state index in [1.54, 1.807) is 0 Å². The Kier molecular flexibility index (Phi) is 4.56. The summed E-state index contributed by atoms with van der Waals surface area (Å²) in [5.41, 5.74) is -0.514. The van der Waals surface area contributed by atoms with Gasteiger partial charge in [-0.1, -0.05) is 12.8 Å². The predicted octanol–water partition coefficient (Wildman–Crippen LogP) is 2.09. The van der Waals surface area contributed by atoms with Crippen LogP contribution in [0.15, 0.2) is 24.3 Å². The smallest absolute Gasteiger partial charge is 0.387 e. The number of imide groups is 1. The van der Waals surface area contributed by atoms with Crippen molar-refractivity contribution in [1.82, 2.24) is 10.2 Å². The molecule has 4 amide bonds. The number of nitrogens with one attached hydrogen (secondary N) is 2. The molecule has 1 aliphatic carbocycles. The maximum absolute atomic E-state index is 12.5. The Morgan fingerprint density at radius 2 is 1.88 bits per heavy atom. The fourth-order valence-electron chi connectivity index (χ4n) is 3.20. The summed E-state index contributed by atoms with van der Waals surface area (Å²) in [7, 11) is 0. The van der Waals surface area contributed by atoms with Crippen molar-refractivity contribution in [3.8, 4) is 5.75 Å². The third kappa shape index (κ3) is 3.54. The summed E-state index contributed by atoms with van der Waals surface area (Å²) in [6.45, 7) is -3.33. The van der Waals surface area contributed by atoms with Crippen LogP contribution in [-0.4, -0.2) is 41.4 Å². The van der Waals surface area contributed by atoms with E-state index in [0.717, 1.165) is 17.7 Å². The highest BCUT2D eigenvalue weighted by molar-refractivity contribution is 6.10. The van der Waals surface area contributed by atoms with Crippen LogP contribution >= 0.6 is 0 Å². The highest BCUT2D eigenvalue weighted by Crippen LogP contribution is 2.34. The van der Waals surface area contributed by atoms with E-state index in [1.807, 2.05) is 0 Å². The first-order chi connectivity index (χ1) is 11.9. The van der Waals surface area contributed by atoms with E-state index >= 15 is 0 Å². The van der Waals surface area contributed by atoms with Gasteiger partial charge in [0.1, 0.15) is 17.8 Å². The van der Waals surface area contributed by atoms with E-state index < -0.39 is 30.6 Å². The van der Waals surface area contributed by atoms with Crippen LogP contribution in [-0.2, 0) is 9.59 Å². The number of carbonyl (C=O) groups excluding carboxylic acids is 3. The van der Waals surface area contributed by atoms with Gasteiger partial charge in [-0.2, -0.15) is 8.78 Å². The Morgan fingerprint density at radius 3 is 2.48 bits per heavy atom. The molecule has 25 heavy (non-hydrogen) atoms. The lowest BCUT2D eigenvalue weighted by Gasteiger charge is -2.19. The molecule has 1 heterocycles. The van der Waals surface area contributed by atoms with Crippen molar-refractivity contribution >= 4 is 23.5 Å². The van der Waals surface area contributed by atoms with Crippen molar-refractivity contribution in [2.75, 3.05) is 11.9 Å². The summed E-state index contributed by atoms with van der Waals surface area (Å²) in [5.74, 6) is -0.961. The number of carbonyl (C=O) groups is 3. The van der Waals surface area contributed by atoms with Crippen molar-refractivity contribution in [2.45, 2.75) is 37.8 Å². The zero-order valence-corrected chi connectivity index (χ0v) is 13.3. The van der Waals surface area contributed by atoms with E-state index in [4.69, 9.17) is 0 Å². The molecule has 2 aliphatic rings. The molecule has 1 saturated heterocycles. The molecule has 3 rings (SSSR count). The van der Waals surface area contributed by atoms with Crippen LogP contribution in [0.2, 0.25) is 0 Å². The first-order valence-corrected chi connectivity index (χ1v) is 7.88. The number of benzene rings is 1. The van der Waals surface area contributed by atoms with E-state index in [0.29, 0.717) is 18.5 Å². The molecule has 9 heteroatoms. The van der Waals surface area contributed by atoms with E-state index in [2.05, 4.69) is 15.4 Å². The van der Waals surface area contributed by atoms with E-state index in [9.17, 15) is 23.2 Å². The second-order valence-electron chi connectivity index (χ2n) is 6.06. The first kappa shape index (κ1) is 17.1. The van der Waals surface area contributed by atoms with Gasteiger partial charge < -0.3 is 15.4 Å². The number of hydrogen-bond donors (Lipinski definition) is 2. The van der Waals surface area contributed by atoms with Crippen LogP contribution in [0, 0.1) is 0 Å². The quantitative estimate of drug-likeness (QED) is 0.794. The number of nitrogens with zero attached hydrogens (tertiary/aromatic N) is 1. The minimum atomic E-state index is -2.93. The molecule has 2 fully saturated rings. The van der Waals surface area contributed by atoms with Crippen molar-refractivity contribution in [3.63, 3.8) is 0 Å². The van der Waals surface area contributed by atoms with Gasteiger partial charge in [-0.3, -0.25) is 14.5 Å². The molecule has 0 atom stereocenters. The molecule has 1 aromatic rings. The second kappa shape index (κ2) is 6.66. The molecule has 134 valence electrons. The highest BCUT2D eigenvalue weighted by Gasteiger charge is 2.52. The number of rotatable bonds is 5. The Bertz CT molecular complexity index is 687. The molecule has 0 bridgehead atoms. The molecular weight excluding hydrogens is 336 g/mol. The summed E-state index contributed by atoms with van der Waals surface area (Å²) in [4.78, 5) is 37.5. The van der Waals surface area contributed by atoms with Crippen molar-refractivity contribution in [3.05, 3.63) is 24.3 Å². The lowest BCUT2D eigenvalue weighted by Crippen LogP contribution is -2.44. The Balaban J connectivity index is 1.59. The van der Waals surface area contributed by atoms with Crippen LogP contribution in [0.4, 0.5) is 19.3 Å². The summed E-state index contributed by atoms with van der Waals surface area (Å²) in [6, 6.07) is 4.77. The summed E-state index contributed by atoms with van der Waals surface area (Å²) < 4.78 is 28.4. The van der Waals surface area contributed by atoms with Crippen molar-refractivity contribution in [2.24, 2.45) is 0 Å². The molecule has 1 aromatic carbocycles. The van der Waals surface area contributed by atoms with Crippen LogP contribution < -0.4 is 15.4 Å².